The first-order chi connectivity index (χ1) is 12.4. The van der Waals surface area contributed by atoms with E-state index in [4.69, 9.17) is 0 Å². The van der Waals surface area contributed by atoms with Crippen LogP contribution in [0.25, 0.3) is 5.78 Å². The molecule has 0 radical (unpaired) electrons. The van der Waals surface area contributed by atoms with E-state index in [1.165, 1.54) is 0 Å². The monoisotopic (exact) mass is 357 g/mol. The molecule has 26 heavy (non-hydrogen) atoms. The minimum atomic E-state index is -0.921. The molecule has 10 heteroatoms. The van der Waals surface area contributed by atoms with Crippen molar-refractivity contribution < 1.29 is 14.4 Å². The fraction of sp³-hybridized carbons (Fsp3) is 0.500. The number of amides is 4. The van der Waals surface area contributed by atoms with Crippen LogP contribution in [-0.2, 0) is 4.79 Å². The molecule has 4 amide bonds. The lowest BCUT2D eigenvalue weighted by Crippen LogP contribution is -2.54. The molecule has 4 rings (SSSR count). The number of imide groups is 1. The van der Waals surface area contributed by atoms with Gasteiger partial charge >= 0.3 is 6.03 Å². The largest absolute Gasteiger partial charge is 0.336 e. The van der Waals surface area contributed by atoms with E-state index in [1.54, 1.807) is 28.5 Å². The molecule has 0 spiro atoms. The third kappa shape index (κ3) is 2.49. The Bertz CT molecular complexity index is 916. The third-order valence-corrected chi connectivity index (χ3v) is 5.28. The molecule has 0 aliphatic carbocycles. The molecule has 2 aromatic heterocycles. The summed E-state index contributed by atoms with van der Waals surface area (Å²) < 4.78 is 1.58. The minimum absolute atomic E-state index is 0.0301. The van der Waals surface area contributed by atoms with Crippen molar-refractivity contribution in [3.05, 3.63) is 23.8 Å². The normalized spacial score (nSPS) is 24.0. The molecule has 1 atom stereocenters. The molecular formula is C16H19N7O3. The number of aryl methyl sites for hydroxylation is 1. The lowest BCUT2D eigenvalue weighted by atomic mass is 9.79. The molecule has 136 valence electrons. The maximum Gasteiger partial charge on any atom is 0.322 e. The lowest BCUT2D eigenvalue weighted by Gasteiger charge is -2.38. The summed E-state index contributed by atoms with van der Waals surface area (Å²) in [5.74, 6) is 0.0615. The minimum Gasteiger partial charge on any atom is -0.336 e. The van der Waals surface area contributed by atoms with Crippen molar-refractivity contribution in [3.63, 3.8) is 0 Å². The summed E-state index contributed by atoms with van der Waals surface area (Å²) in [6, 6.07) is 1.33. The summed E-state index contributed by atoms with van der Waals surface area (Å²) in [6.45, 7) is 4.54. The molecule has 2 saturated heterocycles. The Morgan fingerprint density at radius 1 is 1.27 bits per heavy atom. The van der Waals surface area contributed by atoms with Crippen LogP contribution in [0.4, 0.5) is 4.79 Å². The van der Waals surface area contributed by atoms with Crippen molar-refractivity contribution in [1.82, 2.24) is 35.1 Å². The van der Waals surface area contributed by atoms with Crippen molar-refractivity contribution in [1.29, 1.82) is 0 Å². The molecular weight excluding hydrogens is 338 g/mol. The zero-order valence-corrected chi connectivity index (χ0v) is 14.5. The van der Waals surface area contributed by atoms with Gasteiger partial charge in [0.05, 0.1) is 0 Å². The summed E-state index contributed by atoms with van der Waals surface area (Å²) in [7, 11) is 0. The Hall–Kier alpha value is -3.04. The van der Waals surface area contributed by atoms with E-state index in [9.17, 15) is 14.4 Å². The number of hydrogen-bond donors (Lipinski definition) is 2. The fourth-order valence-corrected chi connectivity index (χ4v) is 3.67. The summed E-state index contributed by atoms with van der Waals surface area (Å²) in [5.41, 5.74) is -0.121. The van der Waals surface area contributed by atoms with Crippen LogP contribution in [0.3, 0.4) is 0 Å². The number of urea groups is 1. The summed E-state index contributed by atoms with van der Waals surface area (Å²) >= 11 is 0. The van der Waals surface area contributed by atoms with Gasteiger partial charge in [-0.25, -0.2) is 9.78 Å². The first-order valence-electron chi connectivity index (χ1n) is 8.50. The first kappa shape index (κ1) is 16.4. The number of carbonyl (C=O) groups is 3. The van der Waals surface area contributed by atoms with Crippen LogP contribution >= 0.6 is 0 Å². The maximum absolute atomic E-state index is 12.8. The van der Waals surface area contributed by atoms with Crippen molar-refractivity contribution in [3.8, 4) is 0 Å². The van der Waals surface area contributed by atoms with Crippen LogP contribution < -0.4 is 10.6 Å². The standard InChI is InChI=1S/C16H19N7O3/c1-9-3-8-23-11(20-21-14(23)17-9)12(24)22-6-4-10(5-7-22)16(2)13(25)18-15(26)19-16/h3,8,10H,4-7H2,1-2H3,(H2,18,19,25,26)/t16-/m0/s1. The third-order valence-electron chi connectivity index (χ3n) is 5.28. The number of carbonyl (C=O) groups excluding carboxylic acids is 3. The Labute approximate surface area is 149 Å². The molecule has 0 bridgehead atoms. The highest BCUT2D eigenvalue weighted by atomic mass is 16.2. The van der Waals surface area contributed by atoms with Crippen molar-refractivity contribution in [2.45, 2.75) is 32.2 Å². The number of rotatable bonds is 2. The van der Waals surface area contributed by atoms with Crippen LogP contribution in [0.2, 0.25) is 0 Å². The number of nitrogens with zero attached hydrogens (tertiary/aromatic N) is 5. The zero-order chi connectivity index (χ0) is 18.5. The van der Waals surface area contributed by atoms with E-state index >= 15 is 0 Å². The summed E-state index contributed by atoms with van der Waals surface area (Å²) in [6.07, 6.45) is 2.96. The highest BCUT2D eigenvalue weighted by Gasteiger charge is 2.48. The molecule has 0 unspecified atom stereocenters. The van der Waals surface area contributed by atoms with E-state index in [2.05, 4.69) is 25.8 Å². The molecule has 0 aromatic carbocycles. The second-order valence-electron chi connectivity index (χ2n) is 6.94. The highest BCUT2D eigenvalue weighted by molar-refractivity contribution is 6.07. The van der Waals surface area contributed by atoms with Gasteiger partial charge in [0.25, 0.3) is 17.6 Å². The molecule has 2 fully saturated rings. The van der Waals surface area contributed by atoms with Gasteiger partial charge < -0.3 is 10.2 Å². The van der Waals surface area contributed by atoms with Crippen molar-refractivity contribution in [2.24, 2.45) is 5.92 Å². The van der Waals surface area contributed by atoms with Crippen LogP contribution in [-0.4, -0.2) is 61.0 Å². The molecule has 2 aliphatic rings. The number of fused-ring (bicyclic) bond motifs is 1. The highest BCUT2D eigenvalue weighted by Crippen LogP contribution is 2.31. The quantitative estimate of drug-likeness (QED) is 0.723. The Kier molecular flexibility index (Phi) is 3.63. The second-order valence-corrected chi connectivity index (χ2v) is 6.94. The van der Waals surface area contributed by atoms with Gasteiger partial charge in [-0.2, -0.15) is 0 Å². The van der Waals surface area contributed by atoms with Gasteiger partial charge in [0.15, 0.2) is 0 Å². The van der Waals surface area contributed by atoms with Gasteiger partial charge in [-0.15, -0.1) is 10.2 Å². The van der Waals surface area contributed by atoms with E-state index in [1.807, 2.05) is 6.92 Å². The number of hydrogen-bond acceptors (Lipinski definition) is 6. The average molecular weight is 357 g/mol. The molecule has 2 aliphatic heterocycles. The van der Waals surface area contributed by atoms with Crippen LogP contribution in [0.5, 0.6) is 0 Å². The van der Waals surface area contributed by atoms with Crippen molar-refractivity contribution >= 4 is 23.6 Å². The van der Waals surface area contributed by atoms with E-state index < -0.39 is 11.6 Å². The van der Waals surface area contributed by atoms with Gasteiger partial charge in [-0.3, -0.25) is 19.3 Å². The summed E-state index contributed by atoms with van der Waals surface area (Å²) in [4.78, 5) is 42.3. The van der Waals surface area contributed by atoms with Crippen LogP contribution in [0.1, 0.15) is 36.1 Å². The molecule has 0 saturated carbocycles. The number of piperidine rings is 1. The van der Waals surface area contributed by atoms with E-state index in [-0.39, 0.29) is 23.6 Å². The predicted molar refractivity (Wildman–Crippen MR) is 89.2 cm³/mol. The Morgan fingerprint density at radius 2 is 2.00 bits per heavy atom. The van der Waals surface area contributed by atoms with Crippen LogP contribution in [0.15, 0.2) is 12.3 Å². The van der Waals surface area contributed by atoms with Gasteiger partial charge in [0.2, 0.25) is 5.82 Å². The number of aromatic nitrogens is 4. The van der Waals surface area contributed by atoms with Crippen molar-refractivity contribution in [2.75, 3.05) is 13.1 Å². The molecule has 2 aromatic rings. The van der Waals surface area contributed by atoms with E-state index in [0.29, 0.717) is 31.7 Å². The second kappa shape index (κ2) is 5.75. The zero-order valence-electron chi connectivity index (χ0n) is 14.5. The number of nitrogens with one attached hydrogen (secondary N) is 2. The Morgan fingerprint density at radius 3 is 2.65 bits per heavy atom. The average Bonchev–Trinajstić information content (AvgIpc) is 3.14. The maximum atomic E-state index is 12.8. The van der Waals surface area contributed by atoms with Gasteiger partial charge in [0, 0.05) is 25.0 Å². The first-order valence-corrected chi connectivity index (χ1v) is 8.50. The van der Waals surface area contributed by atoms with Crippen LogP contribution in [0, 0.1) is 12.8 Å². The molecule has 2 N–H and O–H groups in total. The predicted octanol–water partition coefficient (Wildman–Crippen LogP) is -0.117. The topological polar surface area (TPSA) is 122 Å². The SMILES string of the molecule is Cc1ccn2c(C(=O)N3CCC([C@]4(C)NC(=O)NC4=O)CC3)nnc2n1. The van der Waals surface area contributed by atoms with Gasteiger partial charge in [-0.1, -0.05) is 0 Å². The molecule has 10 nitrogen and oxygen atoms in total. The fourth-order valence-electron chi connectivity index (χ4n) is 3.67. The van der Waals surface area contributed by atoms with Gasteiger partial charge in [0.1, 0.15) is 5.54 Å². The smallest absolute Gasteiger partial charge is 0.322 e. The summed E-state index contributed by atoms with van der Waals surface area (Å²) in [5, 5.41) is 12.9. The van der Waals surface area contributed by atoms with E-state index in [0.717, 1.165) is 5.69 Å². The molecule has 4 heterocycles. The lowest BCUT2D eigenvalue weighted by molar-refractivity contribution is -0.125. The number of likely N-dealkylation sites (tertiary alicyclic amines) is 1. The van der Waals surface area contributed by atoms with Gasteiger partial charge in [-0.05, 0) is 38.7 Å². The Balaban J connectivity index is 1.48.